The number of hydrogen-bond acceptors (Lipinski definition) is 2. The van der Waals surface area contributed by atoms with Crippen molar-refractivity contribution in [3.8, 4) is 0 Å². The summed E-state index contributed by atoms with van der Waals surface area (Å²) < 4.78 is 15.0. The molecule has 0 unspecified atom stereocenters. The predicted octanol–water partition coefficient (Wildman–Crippen LogP) is 3.15. The number of nitrogens with zero attached hydrogens (tertiary/aromatic N) is 1. The Morgan fingerprint density at radius 3 is 2.62 bits per heavy atom. The van der Waals surface area contributed by atoms with Gasteiger partial charge in [-0.15, -0.1) is 0 Å². The molecule has 0 aliphatic rings. The number of aryl methyl sites for hydroxylation is 1. The van der Waals surface area contributed by atoms with Crippen LogP contribution in [0.3, 0.4) is 0 Å². The van der Waals surface area contributed by atoms with E-state index in [2.05, 4.69) is 5.32 Å². The fourth-order valence-corrected chi connectivity index (χ4v) is 2.73. The molecule has 3 rings (SSSR count). The molecule has 0 radical (unpaired) electrons. The van der Waals surface area contributed by atoms with Crippen LogP contribution in [0.2, 0.25) is 0 Å². The lowest BCUT2D eigenvalue weighted by Gasteiger charge is -2.07. The van der Waals surface area contributed by atoms with Gasteiger partial charge in [-0.1, -0.05) is 6.07 Å². The minimum atomic E-state index is -0.501. The second-order valence-corrected chi connectivity index (χ2v) is 5.38. The highest BCUT2D eigenvalue weighted by Gasteiger charge is 2.13. The first-order valence-electron chi connectivity index (χ1n) is 7.49. The number of carbonyl (C=O) groups excluding carboxylic acids is 2. The van der Waals surface area contributed by atoms with Gasteiger partial charge in [0.25, 0.3) is 11.8 Å². The summed E-state index contributed by atoms with van der Waals surface area (Å²) >= 11 is 0. The van der Waals surface area contributed by atoms with Gasteiger partial charge >= 0.3 is 0 Å². The van der Waals surface area contributed by atoms with Gasteiger partial charge in [-0.3, -0.25) is 9.59 Å². The lowest BCUT2D eigenvalue weighted by molar-refractivity contribution is 0.0990. The molecule has 3 aromatic rings. The lowest BCUT2D eigenvalue weighted by Crippen LogP contribution is -2.16. The summed E-state index contributed by atoms with van der Waals surface area (Å²) in [6, 6.07) is 12.5. The monoisotopic (exact) mass is 325 g/mol. The molecule has 3 N–H and O–H groups in total. The maximum atomic E-state index is 13.2. The standard InChI is InChI=1S/C18H16FN3O2/c1-2-22-15-7-6-14(9-12(15)10-16(22)17(20)23)21-18(24)11-4-3-5-13(19)8-11/h3-10H,2H2,1H3,(H2,20,23)(H,21,24). The highest BCUT2D eigenvalue weighted by Crippen LogP contribution is 2.24. The second-order valence-electron chi connectivity index (χ2n) is 5.38. The molecular weight excluding hydrogens is 309 g/mol. The van der Waals surface area contributed by atoms with E-state index in [1.807, 2.05) is 17.6 Å². The summed E-state index contributed by atoms with van der Waals surface area (Å²) in [6.07, 6.45) is 0. The van der Waals surface area contributed by atoms with Gasteiger partial charge in [-0.25, -0.2) is 4.39 Å². The molecule has 0 bridgehead atoms. The van der Waals surface area contributed by atoms with Crippen LogP contribution in [-0.4, -0.2) is 16.4 Å². The molecular formula is C18H16FN3O2. The molecule has 6 heteroatoms. The first-order chi connectivity index (χ1) is 11.5. The van der Waals surface area contributed by atoms with Crippen LogP contribution in [0, 0.1) is 5.82 Å². The van der Waals surface area contributed by atoms with Crippen molar-refractivity contribution in [2.24, 2.45) is 5.73 Å². The number of halogens is 1. The van der Waals surface area contributed by atoms with E-state index in [0.717, 1.165) is 10.9 Å². The summed E-state index contributed by atoms with van der Waals surface area (Å²) in [6.45, 7) is 2.53. The van der Waals surface area contributed by atoms with Crippen LogP contribution in [0.4, 0.5) is 10.1 Å². The number of primary amides is 1. The van der Waals surface area contributed by atoms with Gasteiger partial charge < -0.3 is 15.6 Å². The van der Waals surface area contributed by atoms with E-state index in [0.29, 0.717) is 17.9 Å². The second kappa shape index (κ2) is 6.16. The predicted molar refractivity (Wildman–Crippen MR) is 90.5 cm³/mol. The maximum Gasteiger partial charge on any atom is 0.265 e. The van der Waals surface area contributed by atoms with E-state index in [-0.39, 0.29) is 5.56 Å². The van der Waals surface area contributed by atoms with Crippen LogP contribution in [0.5, 0.6) is 0 Å². The molecule has 24 heavy (non-hydrogen) atoms. The minimum Gasteiger partial charge on any atom is -0.364 e. The molecule has 0 atom stereocenters. The number of anilines is 1. The third-order valence-electron chi connectivity index (χ3n) is 3.81. The average molecular weight is 325 g/mol. The number of rotatable bonds is 4. The molecule has 0 aliphatic carbocycles. The Kier molecular flexibility index (Phi) is 4.04. The van der Waals surface area contributed by atoms with Crippen molar-refractivity contribution in [3.63, 3.8) is 0 Å². The largest absolute Gasteiger partial charge is 0.364 e. The van der Waals surface area contributed by atoms with Crippen molar-refractivity contribution in [1.29, 1.82) is 0 Å². The van der Waals surface area contributed by atoms with Crippen molar-refractivity contribution in [3.05, 3.63) is 65.6 Å². The molecule has 0 saturated carbocycles. The van der Waals surface area contributed by atoms with Gasteiger partial charge in [0.15, 0.2) is 0 Å². The maximum absolute atomic E-state index is 13.2. The molecule has 0 spiro atoms. The number of carbonyl (C=O) groups is 2. The molecule has 122 valence electrons. The number of hydrogen-bond donors (Lipinski definition) is 2. The molecule has 0 aliphatic heterocycles. The summed E-state index contributed by atoms with van der Waals surface area (Å²) in [5, 5.41) is 3.52. The van der Waals surface area contributed by atoms with E-state index in [1.54, 1.807) is 18.2 Å². The molecule has 2 aromatic carbocycles. The van der Waals surface area contributed by atoms with E-state index in [9.17, 15) is 14.0 Å². The first-order valence-corrected chi connectivity index (χ1v) is 7.49. The first kappa shape index (κ1) is 15.7. The summed E-state index contributed by atoms with van der Waals surface area (Å²) in [5.41, 5.74) is 7.46. The highest BCUT2D eigenvalue weighted by atomic mass is 19.1. The lowest BCUT2D eigenvalue weighted by atomic mass is 10.2. The zero-order chi connectivity index (χ0) is 17.3. The summed E-state index contributed by atoms with van der Waals surface area (Å²) in [7, 11) is 0. The van der Waals surface area contributed by atoms with E-state index in [4.69, 9.17) is 5.73 Å². The Hall–Kier alpha value is -3.15. The smallest absolute Gasteiger partial charge is 0.265 e. The van der Waals surface area contributed by atoms with Gasteiger partial charge in [-0.2, -0.15) is 0 Å². The third-order valence-corrected chi connectivity index (χ3v) is 3.81. The normalized spacial score (nSPS) is 10.8. The molecule has 5 nitrogen and oxygen atoms in total. The van der Waals surface area contributed by atoms with E-state index in [1.165, 1.54) is 24.3 Å². The number of aromatic nitrogens is 1. The molecule has 2 amide bonds. The van der Waals surface area contributed by atoms with Crippen LogP contribution >= 0.6 is 0 Å². The quantitative estimate of drug-likeness (QED) is 0.773. The minimum absolute atomic E-state index is 0.235. The SMILES string of the molecule is CCn1c(C(N)=O)cc2cc(NC(=O)c3cccc(F)c3)ccc21. The van der Waals surface area contributed by atoms with Gasteiger partial charge in [-0.05, 0) is 49.4 Å². The Labute approximate surface area is 137 Å². The zero-order valence-corrected chi connectivity index (χ0v) is 13.0. The van der Waals surface area contributed by atoms with E-state index < -0.39 is 17.6 Å². The number of nitrogens with two attached hydrogens (primary N) is 1. The molecule has 1 aromatic heterocycles. The molecule has 1 heterocycles. The zero-order valence-electron chi connectivity index (χ0n) is 13.0. The fourth-order valence-electron chi connectivity index (χ4n) is 2.73. The van der Waals surface area contributed by atoms with Gasteiger partial charge in [0.05, 0.1) is 0 Å². The Bertz CT molecular complexity index is 947. The average Bonchev–Trinajstić information content (AvgIpc) is 2.93. The van der Waals surface area contributed by atoms with Gasteiger partial charge in [0, 0.05) is 28.7 Å². The Morgan fingerprint density at radius 1 is 1.17 bits per heavy atom. The Morgan fingerprint density at radius 2 is 1.96 bits per heavy atom. The van der Waals surface area contributed by atoms with Crippen molar-refractivity contribution >= 4 is 28.4 Å². The number of nitrogens with one attached hydrogen (secondary N) is 1. The summed E-state index contributed by atoms with van der Waals surface area (Å²) in [4.78, 5) is 23.7. The van der Waals surface area contributed by atoms with Crippen molar-refractivity contribution < 1.29 is 14.0 Å². The van der Waals surface area contributed by atoms with Crippen LogP contribution in [-0.2, 0) is 6.54 Å². The molecule has 0 fully saturated rings. The van der Waals surface area contributed by atoms with Crippen LogP contribution in [0.25, 0.3) is 10.9 Å². The summed E-state index contributed by atoms with van der Waals surface area (Å²) in [5.74, 6) is -1.37. The van der Waals surface area contributed by atoms with Crippen LogP contribution in [0.15, 0.2) is 48.5 Å². The highest BCUT2D eigenvalue weighted by molar-refractivity contribution is 6.05. The molecule has 0 saturated heterocycles. The Balaban J connectivity index is 1.94. The van der Waals surface area contributed by atoms with Gasteiger partial charge in [0.2, 0.25) is 0 Å². The van der Waals surface area contributed by atoms with Crippen LogP contribution < -0.4 is 11.1 Å². The van der Waals surface area contributed by atoms with Crippen molar-refractivity contribution in [2.75, 3.05) is 5.32 Å². The van der Waals surface area contributed by atoms with Crippen molar-refractivity contribution in [2.45, 2.75) is 13.5 Å². The topological polar surface area (TPSA) is 77.1 Å². The van der Waals surface area contributed by atoms with E-state index >= 15 is 0 Å². The third kappa shape index (κ3) is 2.86. The van der Waals surface area contributed by atoms with Crippen LogP contribution in [0.1, 0.15) is 27.8 Å². The van der Waals surface area contributed by atoms with Crippen molar-refractivity contribution in [1.82, 2.24) is 4.57 Å². The van der Waals surface area contributed by atoms with Gasteiger partial charge in [0.1, 0.15) is 11.5 Å². The number of amides is 2. The fraction of sp³-hybridized carbons (Fsp3) is 0.111. The number of fused-ring (bicyclic) bond motifs is 1. The number of benzene rings is 2.